The van der Waals surface area contributed by atoms with Crippen LogP contribution in [0.2, 0.25) is 0 Å². The van der Waals surface area contributed by atoms with Gasteiger partial charge in [-0.1, -0.05) is 18.6 Å². The van der Waals surface area contributed by atoms with Gasteiger partial charge in [-0.25, -0.2) is 4.68 Å². The molecule has 2 aromatic heterocycles. The maximum atomic E-state index is 13.1. The van der Waals surface area contributed by atoms with E-state index < -0.39 is 0 Å². The lowest BCUT2D eigenvalue weighted by Gasteiger charge is -2.33. The first-order valence-electron chi connectivity index (χ1n) is 11.9. The number of nitrogens with one attached hydrogen (secondary N) is 1. The zero-order chi connectivity index (χ0) is 23.8. The van der Waals surface area contributed by atoms with Crippen LogP contribution >= 0.6 is 0 Å². The number of tetrazole rings is 1. The molecule has 0 radical (unpaired) electrons. The molecule has 33 heavy (non-hydrogen) atoms. The number of aromatic amines is 1. The first kappa shape index (κ1) is 23.6. The molecular weight excluding hydrogens is 416 g/mol. The van der Waals surface area contributed by atoms with Gasteiger partial charge < -0.3 is 9.72 Å². The number of aromatic nitrogens is 5. The van der Waals surface area contributed by atoms with E-state index in [1.54, 1.807) is 0 Å². The lowest BCUT2D eigenvalue weighted by atomic mass is 10.0. The van der Waals surface area contributed by atoms with E-state index in [2.05, 4.69) is 72.2 Å². The number of ether oxygens (including phenoxy) is 1. The van der Waals surface area contributed by atoms with Crippen molar-refractivity contribution in [1.82, 2.24) is 30.1 Å². The fourth-order valence-electron chi connectivity index (χ4n) is 4.90. The zero-order valence-corrected chi connectivity index (χ0v) is 20.7. The number of aryl methyl sites for hydroxylation is 2. The summed E-state index contributed by atoms with van der Waals surface area (Å²) < 4.78 is 7.88. The number of nitrogens with zero attached hydrogens (tertiary/aromatic N) is 5. The van der Waals surface area contributed by atoms with Gasteiger partial charge >= 0.3 is 0 Å². The Bertz CT molecular complexity index is 1170. The van der Waals surface area contributed by atoms with Gasteiger partial charge in [0.2, 0.25) is 0 Å². The quantitative estimate of drug-likeness (QED) is 0.582. The second-order valence-electron chi connectivity index (χ2n) is 10.3. The van der Waals surface area contributed by atoms with Crippen molar-refractivity contribution in [2.45, 2.75) is 85.0 Å². The van der Waals surface area contributed by atoms with Gasteiger partial charge in [-0.15, -0.1) is 5.10 Å². The van der Waals surface area contributed by atoms with E-state index in [-0.39, 0.29) is 23.2 Å². The second-order valence-corrected chi connectivity index (χ2v) is 10.3. The SMILES string of the molecule is CC[C@@H](c1nnnn1C(C)(C)C)N(Cc1cc2cc(C)cc(C)c2[nH]c1=O)C[C@@H]1CCCO1. The second kappa shape index (κ2) is 9.35. The third-order valence-corrected chi connectivity index (χ3v) is 6.46. The minimum Gasteiger partial charge on any atom is -0.377 e. The molecule has 8 heteroatoms. The monoisotopic (exact) mass is 452 g/mol. The first-order chi connectivity index (χ1) is 15.7. The molecular formula is C25H36N6O2. The summed E-state index contributed by atoms with van der Waals surface area (Å²) in [6, 6.07) is 6.23. The minimum absolute atomic E-state index is 0.0298. The van der Waals surface area contributed by atoms with Gasteiger partial charge in [0.15, 0.2) is 5.82 Å². The highest BCUT2D eigenvalue weighted by molar-refractivity contribution is 5.82. The van der Waals surface area contributed by atoms with Crippen LogP contribution in [0.1, 0.15) is 75.5 Å². The Morgan fingerprint density at radius 2 is 2.06 bits per heavy atom. The van der Waals surface area contributed by atoms with Gasteiger partial charge in [0.25, 0.3) is 5.56 Å². The van der Waals surface area contributed by atoms with E-state index in [4.69, 9.17) is 4.74 Å². The third kappa shape index (κ3) is 5.01. The highest BCUT2D eigenvalue weighted by atomic mass is 16.5. The van der Waals surface area contributed by atoms with E-state index >= 15 is 0 Å². The molecule has 1 aliphatic rings. The lowest BCUT2D eigenvalue weighted by molar-refractivity contribution is 0.0478. The molecule has 0 saturated carbocycles. The summed E-state index contributed by atoms with van der Waals surface area (Å²) in [5.41, 5.74) is 3.64. The fourth-order valence-corrected chi connectivity index (χ4v) is 4.90. The Morgan fingerprint density at radius 3 is 2.73 bits per heavy atom. The Balaban J connectivity index is 1.74. The van der Waals surface area contributed by atoms with Crippen LogP contribution in [0, 0.1) is 13.8 Å². The van der Waals surface area contributed by atoms with Gasteiger partial charge in [0.1, 0.15) is 0 Å². The zero-order valence-electron chi connectivity index (χ0n) is 20.7. The molecule has 3 heterocycles. The van der Waals surface area contributed by atoms with Crippen LogP contribution in [-0.4, -0.2) is 49.3 Å². The Hall–Kier alpha value is -2.58. The number of fused-ring (bicyclic) bond motifs is 1. The van der Waals surface area contributed by atoms with Gasteiger partial charge in [0.05, 0.1) is 23.2 Å². The number of benzene rings is 1. The first-order valence-corrected chi connectivity index (χ1v) is 11.9. The Morgan fingerprint density at radius 1 is 1.27 bits per heavy atom. The maximum Gasteiger partial charge on any atom is 0.252 e. The van der Waals surface area contributed by atoms with Gasteiger partial charge in [0, 0.05) is 25.3 Å². The van der Waals surface area contributed by atoms with E-state index in [0.29, 0.717) is 6.54 Å². The number of rotatable bonds is 7. The molecule has 4 rings (SSSR count). The predicted molar refractivity (Wildman–Crippen MR) is 129 cm³/mol. The van der Waals surface area contributed by atoms with Crippen molar-refractivity contribution in [2.75, 3.05) is 13.2 Å². The minimum atomic E-state index is -0.239. The maximum absolute atomic E-state index is 13.1. The summed E-state index contributed by atoms with van der Waals surface area (Å²) in [7, 11) is 0. The van der Waals surface area contributed by atoms with Gasteiger partial charge in [-0.3, -0.25) is 9.69 Å². The molecule has 0 bridgehead atoms. The Kier molecular flexibility index (Phi) is 6.68. The lowest BCUT2D eigenvalue weighted by Crippen LogP contribution is -2.39. The molecule has 8 nitrogen and oxygen atoms in total. The molecule has 1 N–H and O–H groups in total. The molecule has 1 saturated heterocycles. The smallest absolute Gasteiger partial charge is 0.252 e. The molecule has 0 unspecified atom stereocenters. The van der Waals surface area contributed by atoms with Crippen molar-refractivity contribution in [3.63, 3.8) is 0 Å². The van der Waals surface area contributed by atoms with Crippen LogP contribution in [0.5, 0.6) is 0 Å². The highest BCUT2D eigenvalue weighted by Crippen LogP contribution is 2.29. The topological polar surface area (TPSA) is 88.9 Å². The predicted octanol–water partition coefficient (Wildman–Crippen LogP) is 4.02. The molecule has 178 valence electrons. The van der Waals surface area contributed by atoms with Crippen LogP contribution in [0.25, 0.3) is 10.9 Å². The van der Waals surface area contributed by atoms with Crippen LogP contribution in [0.3, 0.4) is 0 Å². The van der Waals surface area contributed by atoms with Crippen molar-refractivity contribution >= 4 is 10.9 Å². The summed E-state index contributed by atoms with van der Waals surface area (Å²) in [6.45, 7) is 14.6. The van der Waals surface area contributed by atoms with Crippen molar-refractivity contribution in [1.29, 1.82) is 0 Å². The fraction of sp³-hybridized carbons (Fsp3) is 0.600. The van der Waals surface area contributed by atoms with Crippen molar-refractivity contribution in [3.05, 3.63) is 51.1 Å². The van der Waals surface area contributed by atoms with Crippen LogP contribution in [-0.2, 0) is 16.8 Å². The number of hydrogen-bond acceptors (Lipinski definition) is 6. The van der Waals surface area contributed by atoms with E-state index in [0.717, 1.165) is 60.3 Å². The van der Waals surface area contributed by atoms with Crippen LogP contribution in [0.15, 0.2) is 23.0 Å². The Labute approximate surface area is 195 Å². The molecule has 3 aromatic rings. The summed E-state index contributed by atoms with van der Waals surface area (Å²) >= 11 is 0. The van der Waals surface area contributed by atoms with Crippen molar-refractivity contribution in [3.8, 4) is 0 Å². The van der Waals surface area contributed by atoms with Crippen molar-refractivity contribution in [2.24, 2.45) is 0 Å². The average molecular weight is 453 g/mol. The molecule has 0 amide bonds. The molecule has 0 spiro atoms. The molecule has 1 fully saturated rings. The van der Waals surface area contributed by atoms with Crippen LogP contribution in [0.4, 0.5) is 0 Å². The third-order valence-electron chi connectivity index (χ3n) is 6.46. The molecule has 0 aliphatic carbocycles. The summed E-state index contributed by atoms with van der Waals surface area (Å²) in [6.07, 6.45) is 3.09. The number of H-pyrrole nitrogens is 1. The molecule has 1 aliphatic heterocycles. The standard InChI is InChI=1S/C25H36N6O2/c1-7-21(23-27-28-29-31(23)25(4,5)6)30(15-20-9-8-10-33-20)14-19-13-18-12-16(2)11-17(3)22(18)26-24(19)32/h11-13,20-21H,7-10,14-15H2,1-6H3,(H,26,32)/t20-,21-/m0/s1. The number of hydrogen-bond donors (Lipinski definition) is 1. The van der Waals surface area contributed by atoms with Crippen LogP contribution < -0.4 is 5.56 Å². The summed E-state index contributed by atoms with van der Waals surface area (Å²) in [5.74, 6) is 0.826. The average Bonchev–Trinajstić information content (AvgIpc) is 3.42. The summed E-state index contributed by atoms with van der Waals surface area (Å²) in [5, 5.41) is 13.8. The van der Waals surface area contributed by atoms with Gasteiger partial charge in [-0.2, -0.15) is 0 Å². The molecule has 2 atom stereocenters. The van der Waals surface area contributed by atoms with Crippen molar-refractivity contribution < 1.29 is 4.74 Å². The normalized spacial score (nSPS) is 17.8. The molecule has 1 aromatic carbocycles. The van der Waals surface area contributed by atoms with E-state index in [9.17, 15) is 4.79 Å². The summed E-state index contributed by atoms with van der Waals surface area (Å²) in [4.78, 5) is 18.6. The number of pyridine rings is 1. The van der Waals surface area contributed by atoms with E-state index in [1.807, 2.05) is 17.7 Å². The van der Waals surface area contributed by atoms with E-state index in [1.165, 1.54) is 5.56 Å². The highest BCUT2D eigenvalue weighted by Gasteiger charge is 2.31. The largest absolute Gasteiger partial charge is 0.377 e. The van der Waals surface area contributed by atoms with Gasteiger partial charge in [-0.05, 0) is 87.4 Å².